The van der Waals surface area contributed by atoms with E-state index in [-0.39, 0.29) is 11.9 Å². The Bertz CT molecular complexity index is 961. The van der Waals surface area contributed by atoms with Gasteiger partial charge >= 0.3 is 0 Å². The van der Waals surface area contributed by atoms with Crippen LogP contribution in [0.15, 0.2) is 60.8 Å². The maximum Gasteiger partial charge on any atom is 0.254 e. The number of nitrogens with one attached hydrogen (secondary N) is 1. The molecule has 5 nitrogen and oxygen atoms in total. The first-order valence-electron chi connectivity index (χ1n) is 9.95. The summed E-state index contributed by atoms with van der Waals surface area (Å²) in [5.74, 6) is 1.66. The third-order valence-electron chi connectivity index (χ3n) is 5.64. The van der Waals surface area contributed by atoms with Gasteiger partial charge in [0.25, 0.3) is 5.91 Å². The minimum Gasteiger partial charge on any atom is -0.457 e. The van der Waals surface area contributed by atoms with Crippen LogP contribution in [0.3, 0.4) is 0 Å². The van der Waals surface area contributed by atoms with Crippen molar-refractivity contribution in [2.24, 2.45) is 0 Å². The van der Waals surface area contributed by atoms with Crippen molar-refractivity contribution in [2.45, 2.75) is 44.2 Å². The Balaban J connectivity index is 1.32. The standard InChI is InChI=1S/C23H23N3O2/c27-23(16-6-11-21(12-7-16)28-20-4-2-1-3-5-20)26(18-8-9-18)19-10-13-22-17(14-19)15-24-25-22/h1-7,11-12,15,18-19H,8-10,13-14H2,(H,24,25). The number of ether oxygens (including phenoxy) is 1. The maximum absolute atomic E-state index is 13.3. The molecule has 2 aliphatic carbocycles. The van der Waals surface area contributed by atoms with E-state index >= 15 is 0 Å². The zero-order valence-electron chi connectivity index (χ0n) is 15.7. The lowest BCUT2D eigenvalue weighted by Gasteiger charge is -2.34. The second-order valence-electron chi connectivity index (χ2n) is 7.65. The van der Waals surface area contributed by atoms with Gasteiger partial charge < -0.3 is 9.64 Å². The van der Waals surface area contributed by atoms with Crippen molar-refractivity contribution < 1.29 is 9.53 Å². The highest BCUT2D eigenvalue weighted by Crippen LogP contribution is 2.34. The lowest BCUT2D eigenvalue weighted by atomic mass is 9.92. The van der Waals surface area contributed by atoms with Crippen molar-refractivity contribution in [1.29, 1.82) is 0 Å². The van der Waals surface area contributed by atoms with Crippen LogP contribution in [0.5, 0.6) is 11.5 Å². The molecule has 0 bridgehead atoms. The molecule has 5 heteroatoms. The predicted octanol–water partition coefficient (Wildman–Crippen LogP) is 4.36. The van der Waals surface area contributed by atoms with Crippen LogP contribution in [0.25, 0.3) is 0 Å². The fraction of sp³-hybridized carbons (Fsp3) is 0.304. The first kappa shape index (κ1) is 17.0. The van der Waals surface area contributed by atoms with Crippen molar-refractivity contribution >= 4 is 5.91 Å². The first-order chi connectivity index (χ1) is 13.8. The van der Waals surface area contributed by atoms with Crippen molar-refractivity contribution in [3.05, 3.63) is 77.6 Å². The van der Waals surface area contributed by atoms with Gasteiger partial charge in [-0.2, -0.15) is 5.10 Å². The Kier molecular flexibility index (Phi) is 4.35. The number of carbonyl (C=O) groups excluding carboxylic acids is 1. The van der Waals surface area contributed by atoms with E-state index in [9.17, 15) is 4.79 Å². The molecule has 2 aromatic carbocycles. The zero-order valence-corrected chi connectivity index (χ0v) is 15.7. The predicted molar refractivity (Wildman–Crippen MR) is 107 cm³/mol. The lowest BCUT2D eigenvalue weighted by molar-refractivity contribution is 0.0643. The number of para-hydroxylation sites is 1. The Morgan fingerprint density at radius 3 is 2.46 bits per heavy atom. The van der Waals surface area contributed by atoms with Crippen molar-refractivity contribution in [1.82, 2.24) is 15.1 Å². The number of carbonyl (C=O) groups is 1. The van der Waals surface area contributed by atoms with Gasteiger partial charge in [-0.25, -0.2) is 0 Å². The van der Waals surface area contributed by atoms with Crippen LogP contribution >= 0.6 is 0 Å². The Morgan fingerprint density at radius 2 is 1.71 bits per heavy atom. The van der Waals surface area contributed by atoms with Gasteiger partial charge in [0.2, 0.25) is 0 Å². The van der Waals surface area contributed by atoms with E-state index in [1.54, 1.807) is 0 Å². The molecule has 1 unspecified atom stereocenters. The first-order valence-corrected chi connectivity index (χ1v) is 9.95. The monoisotopic (exact) mass is 373 g/mol. The molecular weight excluding hydrogens is 350 g/mol. The molecule has 0 spiro atoms. The molecule has 0 aliphatic heterocycles. The van der Waals surface area contributed by atoms with E-state index in [4.69, 9.17) is 4.74 Å². The molecule has 5 rings (SSSR count). The second kappa shape index (κ2) is 7.15. The fourth-order valence-electron chi connectivity index (χ4n) is 4.06. The Morgan fingerprint density at radius 1 is 0.964 bits per heavy atom. The summed E-state index contributed by atoms with van der Waals surface area (Å²) in [6.07, 6.45) is 6.97. The second-order valence-corrected chi connectivity index (χ2v) is 7.65. The molecule has 1 fully saturated rings. The molecule has 142 valence electrons. The van der Waals surface area contributed by atoms with Crippen LogP contribution in [-0.4, -0.2) is 33.1 Å². The highest BCUT2D eigenvalue weighted by atomic mass is 16.5. The van der Waals surface area contributed by atoms with Crippen LogP contribution in [0.1, 0.15) is 40.9 Å². The summed E-state index contributed by atoms with van der Waals surface area (Å²) in [7, 11) is 0. The van der Waals surface area contributed by atoms with E-state index in [0.29, 0.717) is 6.04 Å². The number of aromatic amines is 1. The van der Waals surface area contributed by atoms with Gasteiger partial charge in [-0.3, -0.25) is 9.89 Å². The molecule has 0 radical (unpaired) electrons. The molecule has 1 heterocycles. The van der Waals surface area contributed by atoms with E-state index in [1.165, 1.54) is 11.3 Å². The number of aromatic nitrogens is 2. The summed E-state index contributed by atoms with van der Waals surface area (Å²) in [5.41, 5.74) is 3.20. The average Bonchev–Trinajstić information content (AvgIpc) is 3.45. The molecule has 28 heavy (non-hydrogen) atoms. The molecule has 1 N–H and O–H groups in total. The lowest BCUT2D eigenvalue weighted by Crippen LogP contribution is -2.44. The summed E-state index contributed by atoms with van der Waals surface area (Å²) >= 11 is 0. The molecule has 1 atom stereocenters. The van der Waals surface area contributed by atoms with Gasteiger partial charge in [0, 0.05) is 23.3 Å². The third kappa shape index (κ3) is 3.40. The van der Waals surface area contributed by atoms with Gasteiger partial charge in [0.05, 0.1) is 6.20 Å². The quantitative estimate of drug-likeness (QED) is 0.723. The molecule has 1 saturated carbocycles. The summed E-state index contributed by atoms with van der Waals surface area (Å²) in [4.78, 5) is 15.4. The van der Waals surface area contributed by atoms with Gasteiger partial charge in [0.1, 0.15) is 11.5 Å². The largest absolute Gasteiger partial charge is 0.457 e. The summed E-state index contributed by atoms with van der Waals surface area (Å²) in [6, 6.07) is 17.8. The van der Waals surface area contributed by atoms with Crippen LogP contribution in [0.2, 0.25) is 0 Å². The molecule has 1 amide bonds. The van der Waals surface area contributed by atoms with Crippen LogP contribution < -0.4 is 4.74 Å². The average molecular weight is 373 g/mol. The van der Waals surface area contributed by atoms with E-state index < -0.39 is 0 Å². The van der Waals surface area contributed by atoms with Gasteiger partial charge in [-0.15, -0.1) is 0 Å². The van der Waals surface area contributed by atoms with Crippen LogP contribution in [0, 0.1) is 0 Å². The number of benzene rings is 2. The number of rotatable bonds is 5. The van der Waals surface area contributed by atoms with E-state index in [0.717, 1.165) is 49.2 Å². The van der Waals surface area contributed by atoms with E-state index in [1.807, 2.05) is 60.8 Å². The SMILES string of the molecule is O=C(c1ccc(Oc2ccccc2)cc1)N(C1CC1)C1CCc2[nH]ncc2C1. The van der Waals surface area contributed by atoms with Crippen molar-refractivity contribution in [3.63, 3.8) is 0 Å². The number of fused-ring (bicyclic) bond motifs is 1. The minimum absolute atomic E-state index is 0.130. The molecular formula is C23H23N3O2. The maximum atomic E-state index is 13.3. The number of nitrogens with zero attached hydrogens (tertiary/aromatic N) is 2. The number of amides is 1. The number of hydrogen-bond donors (Lipinski definition) is 1. The number of hydrogen-bond acceptors (Lipinski definition) is 3. The molecule has 0 saturated heterocycles. The molecule has 2 aliphatic rings. The zero-order chi connectivity index (χ0) is 18.9. The Labute approximate surface area is 164 Å². The normalized spacial score (nSPS) is 18.4. The molecule has 1 aromatic heterocycles. The highest BCUT2D eigenvalue weighted by molar-refractivity contribution is 5.95. The minimum atomic E-state index is 0.130. The number of H-pyrrole nitrogens is 1. The summed E-state index contributed by atoms with van der Waals surface area (Å²) in [5, 5.41) is 7.24. The van der Waals surface area contributed by atoms with Crippen molar-refractivity contribution in [2.75, 3.05) is 0 Å². The van der Waals surface area contributed by atoms with Gasteiger partial charge in [-0.1, -0.05) is 18.2 Å². The van der Waals surface area contributed by atoms with E-state index in [2.05, 4.69) is 15.1 Å². The fourth-order valence-corrected chi connectivity index (χ4v) is 4.06. The summed E-state index contributed by atoms with van der Waals surface area (Å²) in [6.45, 7) is 0. The Hall–Kier alpha value is -3.08. The third-order valence-corrected chi connectivity index (χ3v) is 5.64. The van der Waals surface area contributed by atoms with Crippen LogP contribution in [-0.2, 0) is 12.8 Å². The van der Waals surface area contributed by atoms with Gasteiger partial charge in [0.15, 0.2) is 0 Å². The van der Waals surface area contributed by atoms with Gasteiger partial charge in [-0.05, 0) is 74.1 Å². The topological polar surface area (TPSA) is 58.2 Å². The van der Waals surface area contributed by atoms with Crippen molar-refractivity contribution in [3.8, 4) is 11.5 Å². The highest BCUT2D eigenvalue weighted by Gasteiger charge is 2.39. The summed E-state index contributed by atoms with van der Waals surface area (Å²) < 4.78 is 5.84. The molecule has 3 aromatic rings. The van der Waals surface area contributed by atoms with Crippen LogP contribution in [0.4, 0.5) is 0 Å². The number of aryl methyl sites for hydroxylation is 1. The smallest absolute Gasteiger partial charge is 0.254 e.